The summed E-state index contributed by atoms with van der Waals surface area (Å²) in [6, 6.07) is 3.39. The fourth-order valence-electron chi connectivity index (χ4n) is 1.35. The van der Waals surface area contributed by atoms with Gasteiger partial charge in [-0.05, 0) is 12.1 Å². The van der Waals surface area contributed by atoms with Crippen molar-refractivity contribution >= 4 is 24.5 Å². The number of carboxylic acids is 1. The van der Waals surface area contributed by atoms with E-state index in [2.05, 4.69) is 4.42 Å². The molecule has 0 radical (unpaired) electrons. The van der Waals surface area contributed by atoms with Gasteiger partial charge in [-0.3, -0.25) is 9.59 Å². The average molecular weight is 278 g/mol. The highest BCUT2D eigenvalue weighted by atomic mass is 16.6. The van der Waals surface area contributed by atoms with Crippen molar-refractivity contribution in [1.82, 2.24) is 0 Å². The molecule has 0 saturated carbocycles. The van der Waals surface area contributed by atoms with Crippen LogP contribution < -0.4 is 4.74 Å². The van der Waals surface area contributed by atoms with E-state index in [1.165, 1.54) is 12.1 Å². The fourth-order valence-corrected chi connectivity index (χ4v) is 1.35. The van der Waals surface area contributed by atoms with E-state index in [9.17, 15) is 19.2 Å². The Hall–Kier alpha value is -3.16. The SMILES string of the molecule is O=Cc1ccc(C(=O)Oc2cc(C=O)oc2C(=O)O)o1. The van der Waals surface area contributed by atoms with Crippen LogP contribution in [0, 0.1) is 0 Å². The molecule has 0 aliphatic rings. The van der Waals surface area contributed by atoms with E-state index in [0.29, 0.717) is 6.29 Å². The quantitative estimate of drug-likeness (QED) is 0.643. The molecule has 0 aliphatic carbocycles. The van der Waals surface area contributed by atoms with Gasteiger partial charge in [-0.25, -0.2) is 9.59 Å². The zero-order valence-corrected chi connectivity index (χ0v) is 9.69. The van der Waals surface area contributed by atoms with Crippen LogP contribution in [-0.4, -0.2) is 29.6 Å². The summed E-state index contributed by atoms with van der Waals surface area (Å²) in [5.41, 5.74) is 0. The Morgan fingerprint density at radius 1 is 1.10 bits per heavy atom. The fraction of sp³-hybridized carbons (Fsp3) is 0. The normalized spacial score (nSPS) is 10.0. The van der Waals surface area contributed by atoms with Crippen LogP contribution in [0.15, 0.2) is 27.0 Å². The number of ether oxygens (including phenoxy) is 1. The molecule has 0 aromatic carbocycles. The topological polar surface area (TPSA) is 124 Å². The number of hydrogen-bond acceptors (Lipinski definition) is 7. The molecule has 2 rings (SSSR count). The second-order valence-corrected chi connectivity index (χ2v) is 3.47. The summed E-state index contributed by atoms with van der Waals surface area (Å²) in [5, 5.41) is 8.83. The maximum Gasteiger partial charge on any atom is 0.379 e. The molecule has 8 nitrogen and oxygen atoms in total. The Bertz CT molecular complexity index is 690. The molecule has 2 aromatic heterocycles. The Morgan fingerprint density at radius 3 is 2.35 bits per heavy atom. The Balaban J connectivity index is 2.26. The second-order valence-electron chi connectivity index (χ2n) is 3.47. The molecule has 102 valence electrons. The van der Waals surface area contributed by atoms with Crippen molar-refractivity contribution in [2.24, 2.45) is 0 Å². The van der Waals surface area contributed by atoms with Crippen LogP contribution in [0.1, 0.15) is 42.2 Å². The molecule has 0 fully saturated rings. The lowest BCUT2D eigenvalue weighted by Crippen LogP contribution is -2.09. The minimum absolute atomic E-state index is 0.0869. The number of aldehydes is 2. The van der Waals surface area contributed by atoms with Gasteiger partial charge in [0.25, 0.3) is 5.76 Å². The lowest BCUT2D eigenvalue weighted by Gasteiger charge is -1.99. The molecule has 0 spiro atoms. The van der Waals surface area contributed by atoms with Gasteiger partial charge in [0.1, 0.15) is 0 Å². The summed E-state index contributed by atoms with van der Waals surface area (Å²) < 4.78 is 14.2. The van der Waals surface area contributed by atoms with Gasteiger partial charge in [-0.15, -0.1) is 0 Å². The van der Waals surface area contributed by atoms with E-state index in [1.807, 2.05) is 0 Å². The maximum absolute atomic E-state index is 11.7. The van der Waals surface area contributed by atoms with Crippen LogP contribution in [0.25, 0.3) is 0 Å². The van der Waals surface area contributed by atoms with Gasteiger partial charge in [-0.1, -0.05) is 0 Å². The molecule has 0 unspecified atom stereocenters. The summed E-state index contributed by atoms with van der Waals surface area (Å²) in [7, 11) is 0. The van der Waals surface area contributed by atoms with Crippen LogP contribution in [0.4, 0.5) is 0 Å². The van der Waals surface area contributed by atoms with Gasteiger partial charge < -0.3 is 18.7 Å². The molecule has 8 heteroatoms. The summed E-state index contributed by atoms with van der Waals surface area (Å²) in [6.45, 7) is 0. The molecule has 2 heterocycles. The summed E-state index contributed by atoms with van der Waals surface area (Å²) in [6.07, 6.45) is 0.656. The molecule has 1 N–H and O–H groups in total. The van der Waals surface area contributed by atoms with Gasteiger partial charge in [0, 0.05) is 6.07 Å². The van der Waals surface area contributed by atoms with Gasteiger partial charge in [-0.2, -0.15) is 0 Å². The van der Waals surface area contributed by atoms with Gasteiger partial charge >= 0.3 is 11.9 Å². The molecular weight excluding hydrogens is 272 g/mol. The highest BCUT2D eigenvalue weighted by Crippen LogP contribution is 2.24. The van der Waals surface area contributed by atoms with Crippen LogP contribution >= 0.6 is 0 Å². The van der Waals surface area contributed by atoms with Crippen molar-refractivity contribution in [2.75, 3.05) is 0 Å². The summed E-state index contributed by atoms with van der Waals surface area (Å²) in [4.78, 5) is 43.4. The lowest BCUT2D eigenvalue weighted by molar-refractivity contribution is 0.0639. The minimum atomic E-state index is -1.51. The number of esters is 1. The number of furan rings is 2. The highest BCUT2D eigenvalue weighted by Gasteiger charge is 2.23. The number of rotatable bonds is 5. The molecule has 0 bridgehead atoms. The van der Waals surface area contributed by atoms with E-state index in [0.717, 1.165) is 6.07 Å². The van der Waals surface area contributed by atoms with Crippen molar-refractivity contribution in [3.63, 3.8) is 0 Å². The lowest BCUT2D eigenvalue weighted by atomic mass is 10.4. The van der Waals surface area contributed by atoms with Crippen LogP contribution in [-0.2, 0) is 0 Å². The highest BCUT2D eigenvalue weighted by molar-refractivity contribution is 5.93. The van der Waals surface area contributed by atoms with Gasteiger partial charge in [0.2, 0.25) is 5.76 Å². The smallest absolute Gasteiger partial charge is 0.379 e. The van der Waals surface area contributed by atoms with Gasteiger partial charge in [0.15, 0.2) is 29.8 Å². The maximum atomic E-state index is 11.7. The number of carbonyl (C=O) groups excluding carboxylic acids is 3. The van der Waals surface area contributed by atoms with Crippen LogP contribution in [0.3, 0.4) is 0 Å². The van der Waals surface area contributed by atoms with Crippen molar-refractivity contribution in [3.8, 4) is 5.75 Å². The number of carboxylic acid groups (broad SMARTS) is 1. The zero-order valence-electron chi connectivity index (χ0n) is 9.69. The monoisotopic (exact) mass is 278 g/mol. The molecule has 20 heavy (non-hydrogen) atoms. The average Bonchev–Trinajstić information content (AvgIpc) is 3.04. The van der Waals surface area contributed by atoms with Crippen LogP contribution in [0.5, 0.6) is 5.75 Å². The number of aromatic carboxylic acids is 1. The molecule has 0 amide bonds. The summed E-state index contributed by atoms with van der Waals surface area (Å²) in [5.74, 6) is -4.35. The third-order valence-electron chi connectivity index (χ3n) is 2.17. The van der Waals surface area contributed by atoms with Gasteiger partial charge in [0.05, 0.1) is 0 Å². The third-order valence-corrected chi connectivity index (χ3v) is 2.17. The predicted molar refractivity (Wildman–Crippen MR) is 60.1 cm³/mol. The van der Waals surface area contributed by atoms with Crippen molar-refractivity contribution in [1.29, 1.82) is 0 Å². The van der Waals surface area contributed by atoms with E-state index in [4.69, 9.17) is 14.3 Å². The Kier molecular flexibility index (Phi) is 3.47. The number of hydrogen-bond donors (Lipinski definition) is 1. The zero-order chi connectivity index (χ0) is 14.7. The second kappa shape index (κ2) is 5.22. The van der Waals surface area contributed by atoms with E-state index >= 15 is 0 Å². The van der Waals surface area contributed by atoms with Crippen molar-refractivity contribution in [3.05, 3.63) is 41.2 Å². The van der Waals surface area contributed by atoms with E-state index in [-0.39, 0.29) is 23.6 Å². The van der Waals surface area contributed by atoms with E-state index < -0.39 is 23.4 Å². The first kappa shape index (κ1) is 13.3. The first-order valence-electron chi connectivity index (χ1n) is 5.14. The Morgan fingerprint density at radius 2 is 1.80 bits per heavy atom. The molecule has 0 saturated heterocycles. The van der Waals surface area contributed by atoms with Crippen molar-refractivity contribution in [2.45, 2.75) is 0 Å². The molecule has 0 aliphatic heterocycles. The van der Waals surface area contributed by atoms with Crippen LogP contribution in [0.2, 0.25) is 0 Å². The first-order valence-corrected chi connectivity index (χ1v) is 5.14. The first-order chi connectivity index (χ1) is 9.55. The molecular formula is C12H6O8. The predicted octanol–water partition coefficient (Wildman–Crippen LogP) is 1.42. The van der Waals surface area contributed by atoms with Crippen molar-refractivity contribution < 1.29 is 37.9 Å². The Labute approximate surface area is 110 Å². The van der Waals surface area contributed by atoms with E-state index in [1.54, 1.807) is 0 Å². The number of carbonyl (C=O) groups is 4. The summed E-state index contributed by atoms with van der Waals surface area (Å²) >= 11 is 0. The molecule has 2 aromatic rings. The minimum Gasteiger partial charge on any atom is -0.475 e. The third kappa shape index (κ3) is 2.48. The molecule has 0 atom stereocenters. The largest absolute Gasteiger partial charge is 0.475 e. The standard InChI is InChI=1S/C12H6O8/c13-4-6-1-2-8(18-6)12(17)20-9-3-7(5-14)19-10(9)11(15)16/h1-5H,(H,15,16).